The Hall–Kier alpha value is -3.24. The number of aromatic amines is 1. The molecule has 3 aromatic rings. The van der Waals surface area contributed by atoms with E-state index in [1.165, 1.54) is 0 Å². The molecule has 10 heteroatoms. The SMILES string of the molecule is COc1ccccc1-c1nc(NC(=O)CCc2ccc(S(=O)(=O)NC3CC3)cc2)n[nH]1. The first-order valence-corrected chi connectivity index (χ1v) is 11.4. The smallest absolute Gasteiger partial charge is 0.249 e. The predicted octanol–water partition coefficient (Wildman–Crippen LogP) is 2.49. The Morgan fingerprint density at radius 1 is 1.16 bits per heavy atom. The van der Waals surface area contributed by atoms with Gasteiger partial charge >= 0.3 is 0 Å². The van der Waals surface area contributed by atoms with E-state index in [1.54, 1.807) is 31.4 Å². The van der Waals surface area contributed by atoms with Gasteiger partial charge in [0.05, 0.1) is 17.6 Å². The zero-order valence-electron chi connectivity index (χ0n) is 17.0. The first kappa shape index (κ1) is 21.0. The molecule has 1 aromatic heterocycles. The van der Waals surface area contributed by atoms with Crippen LogP contribution in [0.4, 0.5) is 5.95 Å². The van der Waals surface area contributed by atoms with Gasteiger partial charge < -0.3 is 4.74 Å². The Labute approximate surface area is 180 Å². The molecule has 1 aliphatic carbocycles. The molecule has 0 aliphatic heterocycles. The summed E-state index contributed by atoms with van der Waals surface area (Å²) < 4.78 is 32.4. The van der Waals surface area contributed by atoms with Crippen molar-refractivity contribution in [2.75, 3.05) is 12.4 Å². The van der Waals surface area contributed by atoms with Gasteiger partial charge in [-0.1, -0.05) is 24.3 Å². The van der Waals surface area contributed by atoms with Crippen molar-refractivity contribution in [2.24, 2.45) is 0 Å². The van der Waals surface area contributed by atoms with Crippen LogP contribution in [0, 0.1) is 0 Å². The fourth-order valence-corrected chi connectivity index (χ4v) is 4.35. The highest BCUT2D eigenvalue weighted by atomic mass is 32.2. The van der Waals surface area contributed by atoms with Crippen LogP contribution in [-0.4, -0.2) is 42.7 Å². The van der Waals surface area contributed by atoms with Crippen LogP contribution < -0.4 is 14.8 Å². The van der Waals surface area contributed by atoms with E-state index in [9.17, 15) is 13.2 Å². The second kappa shape index (κ2) is 8.86. The molecule has 0 saturated heterocycles. The number of hydrogen-bond acceptors (Lipinski definition) is 6. The third-order valence-electron chi connectivity index (χ3n) is 4.87. The van der Waals surface area contributed by atoms with Gasteiger partial charge in [0.1, 0.15) is 5.75 Å². The Kier molecular flexibility index (Phi) is 6.01. The van der Waals surface area contributed by atoms with E-state index in [2.05, 4.69) is 25.2 Å². The topological polar surface area (TPSA) is 126 Å². The second-order valence-electron chi connectivity index (χ2n) is 7.30. The summed E-state index contributed by atoms with van der Waals surface area (Å²) >= 11 is 0. The summed E-state index contributed by atoms with van der Waals surface area (Å²) in [6, 6.07) is 14.0. The number of para-hydroxylation sites is 1. The highest BCUT2D eigenvalue weighted by Gasteiger charge is 2.27. The van der Waals surface area contributed by atoms with E-state index in [0.29, 0.717) is 18.0 Å². The number of benzene rings is 2. The van der Waals surface area contributed by atoms with Crippen LogP contribution >= 0.6 is 0 Å². The molecular weight excluding hydrogens is 418 g/mol. The lowest BCUT2D eigenvalue weighted by molar-refractivity contribution is -0.116. The number of aromatic nitrogens is 3. The molecule has 0 spiro atoms. The fourth-order valence-electron chi connectivity index (χ4n) is 3.05. The van der Waals surface area contributed by atoms with Crippen LogP contribution in [0.5, 0.6) is 5.75 Å². The van der Waals surface area contributed by atoms with Crippen molar-refractivity contribution in [3.8, 4) is 17.1 Å². The van der Waals surface area contributed by atoms with Crippen molar-refractivity contribution in [3.63, 3.8) is 0 Å². The Balaban J connectivity index is 1.32. The van der Waals surface area contributed by atoms with E-state index in [4.69, 9.17) is 4.74 Å². The van der Waals surface area contributed by atoms with Gasteiger partial charge in [0.25, 0.3) is 0 Å². The minimum atomic E-state index is -3.47. The van der Waals surface area contributed by atoms with Crippen LogP contribution in [0.15, 0.2) is 53.4 Å². The van der Waals surface area contributed by atoms with Crippen molar-refractivity contribution in [1.82, 2.24) is 19.9 Å². The number of anilines is 1. The maximum absolute atomic E-state index is 12.3. The summed E-state index contributed by atoms with van der Waals surface area (Å²) in [6.07, 6.45) is 2.45. The molecule has 3 N–H and O–H groups in total. The predicted molar refractivity (Wildman–Crippen MR) is 115 cm³/mol. The molecule has 1 amide bonds. The van der Waals surface area contributed by atoms with Crippen LogP contribution in [0.2, 0.25) is 0 Å². The number of ether oxygens (including phenoxy) is 1. The van der Waals surface area contributed by atoms with E-state index in [0.717, 1.165) is 24.0 Å². The van der Waals surface area contributed by atoms with Gasteiger partial charge in [-0.25, -0.2) is 13.1 Å². The van der Waals surface area contributed by atoms with Crippen LogP contribution in [-0.2, 0) is 21.2 Å². The molecular formula is C21H23N5O4S. The summed E-state index contributed by atoms with van der Waals surface area (Å²) in [5, 5.41) is 9.49. The standard InChI is InChI=1S/C21H23N5O4S/c1-30-18-5-3-2-4-17(18)20-23-21(25-24-20)22-19(27)13-8-14-6-11-16(12-7-14)31(28,29)26-15-9-10-15/h2-7,11-12,15,26H,8-10,13H2,1H3,(H2,22,23,24,25,27). The summed E-state index contributed by atoms with van der Waals surface area (Å²) in [5.74, 6) is 1.08. The number of rotatable bonds is 9. The van der Waals surface area contributed by atoms with Crippen molar-refractivity contribution < 1.29 is 17.9 Å². The lowest BCUT2D eigenvalue weighted by Gasteiger charge is -2.07. The molecule has 0 unspecified atom stereocenters. The second-order valence-corrected chi connectivity index (χ2v) is 9.01. The van der Waals surface area contributed by atoms with Crippen molar-refractivity contribution in [1.29, 1.82) is 0 Å². The number of nitrogens with one attached hydrogen (secondary N) is 3. The monoisotopic (exact) mass is 441 g/mol. The van der Waals surface area contributed by atoms with Gasteiger partial charge in [0.15, 0.2) is 5.82 Å². The van der Waals surface area contributed by atoms with Gasteiger partial charge in [-0.2, -0.15) is 4.98 Å². The van der Waals surface area contributed by atoms with Crippen molar-refractivity contribution >= 4 is 21.9 Å². The Morgan fingerprint density at radius 2 is 1.90 bits per heavy atom. The van der Waals surface area contributed by atoms with Gasteiger partial charge in [0.2, 0.25) is 21.9 Å². The normalized spacial score (nSPS) is 13.7. The molecule has 2 aromatic carbocycles. The molecule has 1 saturated carbocycles. The Morgan fingerprint density at radius 3 is 2.61 bits per heavy atom. The zero-order chi connectivity index (χ0) is 21.8. The van der Waals surface area contributed by atoms with E-state index < -0.39 is 10.0 Å². The third kappa shape index (κ3) is 5.28. The summed E-state index contributed by atoms with van der Waals surface area (Å²) in [5.41, 5.74) is 1.61. The van der Waals surface area contributed by atoms with Gasteiger partial charge in [-0.3, -0.25) is 15.2 Å². The summed E-state index contributed by atoms with van der Waals surface area (Å²) in [6.45, 7) is 0. The number of H-pyrrole nitrogens is 1. The lowest BCUT2D eigenvalue weighted by atomic mass is 10.1. The molecule has 31 heavy (non-hydrogen) atoms. The molecule has 0 atom stereocenters. The van der Waals surface area contributed by atoms with Gasteiger partial charge in [-0.15, -0.1) is 5.10 Å². The molecule has 162 valence electrons. The largest absolute Gasteiger partial charge is 0.496 e. The number of methoxy groups -OCH3 is 1. The minimum Gasteiger partial charge on any atom is -0.496 e. The van der Waals surface area contributed by atoms with E-state index >= 15 is 0 Å². The molecule has 1 fully saturated rings. The van der Waals surface area contributed by atoms with Crippen molar-refractivity contribution in [2.45, 2.75) is 36.6 Å². The third-order valence-corrected chi connectivity index (χ3v) is 6.41. The maximum Gasteiger partial charge on any atom is 0.249 e. The first-order chi connectivity index (χ1) is 14.9. The summed E-state index contributed by atoms with van der Waals surface area (Å²) in [7, 11) is -1.90. The minimum absolute atomic E-state index is 0.0625. The van der Waals surface area contributed by atoms with Crippen LogP contribution in [0.25, 0.3) is 11.4 Å². The molecule has 1 heterocycles. The van der Waals surface area contributed by atoms with Crippen LogP contribution in [0.3, 0.4) is 0 Å². The van der Waals surface area contributed by atoms with Gasteiger partial charge in [-0.05, 0) is 49.1 Å². The number of hydrogen-bond donors (Lipinski definition) is 3. The van der Waals surface area contributed by atoms with Crippen LogP contribution in [0.1, 0.15) is 24.8 Å². The van der Waals surface area contributed by atoms with Crippen molar-refractivity contribution in [3.05, 3.63) is 54.1 Å². The molecule has 1 aliphatic rings. The maximum atomic E-state index is 12.3. The van der Waals surface area contributed by atoms with E-state index in [1.807, 2.05) is 24.3 Å². The molecule has 0 bridgehead atoms. The highest BCUT2D eigenvalue weighted by molar-refractivity contribution is 7.89. The van der Waals surface area contributed by atoms with Gasteiger partial charge in [0, 0.05) is 12.5 Å². The highest BCUT2D eigenvalue weighted by Crippen LogP contribution is 2.27. The number of aryl methyl sites for hydroxylation is 1. The average Bonchev–Trinajstić information content (AvgIpc) is 3.46. The lowest BCUT2D eigenvalue weighted by Crippen LogP contribution is -2.25. The molecule has 0 radical (unpaired) electrons. The van der Waals surface area contributed by atoms with E-state index in [-0.39, 0.29) is 29.2 Å². The molecule has 9 nitrogen and oxygen atoms in total. The number of amides is 1. The number of carbonyl (C=O) groups excluding carboxylic acids is 1. The quantitative estimate of drug-likeness (QED) is 0.468. The number of nitrogens with zero attached hydrogens (tertiary/aromatic N) is 2. The average molecular weight is 442 g/mol. The first-order valence-electron chi connectivity index (χ1n) is 9.91. The number of carbonyl (C=O) groups is 1. The zero-order valence-corrected chi connectivity index (χ0v) is 17.8. The molecule has 4 rings (SSSR count). The number of sulfonamides is 1. The summed E-state index contributed by atoms with van der Waals surface area (Å²) in [4.78, 5) is 16.8. The Bertz CT molecular complexity index is 1170. The fraction of sp³-hybridized carbons (Fsp3) is 0.286.